The summed E-state index contributed by atoms with van der Waals surface area (Å²) < 4.78 is 4.99. The Morgan fingerprint density at radius 2 is 1.96 bits per heavy atom. The topological polar surface area (TPSA) is 108 Å². The maximum absolute atomic E-state index is 12.5. The lowest BCUT2D eigenvalue weighted by atomic mass is 10.2. The molecule has 4 rings (SSSR count). The third-order valence-electron chi connectivity index (χ3n) is 4.46. The molecule has 0 atom stereocenters. The molecule has 3 aromatic heterocycles. The molecule has 27 heavy (non-hydrogen) atoms. The molecule has 0 radical (unpaired) electrons. The van der Waals surface area contributed by atoms with Gasteiger partial charge in [0.25, 0.3) is 5.91 Å². The number of aromatic amines is 1. The summed E-state index contributed by atoms with van der Waals surface area (Å²) in [4.78, 5) is 38.7. The number of piperazine rings is 1. The van der Waals surface area contributed by atoms with E-state index in [0.717, 1.165) is 11.4 Å². The number of nitrogens with one attached hydrogen (secondary N) is 1. The van der Waals surface area contributed by atoms with Crippen LogP contribution in [0.1, 0.15) is 16.2 Å². The van der Waals surface area contributed by atoms with Crippen LogP contribution < -0.4 is 10.5 Å². The van der Waals surface area contributed by atoms with E-state index in [1.807, 2.05) is 12.1 Å². The molecule has 0 unspecified atom stereocenters. The number of nitrogens with zero attached hydrogens (tertiary/aromatic N) is 5. The number of hydrogen-bond donors (Lipinski definition) is 1. The smallest absolute Gasteiger partial charge is 0.255 e. The lowest BCUT2D eigenvalue weighted by molar-refractivity contribution is 0.0746. The van der Waals surface area contributed by atoms with E-state index in [4.69, 9.17) is 4.52 Å². The number of carbonyl (C=O) groups excluding carboxylic acids is 1. The van der Waals surface area contributed by atoms with Crippen LogP contribution in [0.3, 0.4) is 0 Å². The molecule has 0 aliphatic carbocycles. The first kappa shape index (κ1) is 17.0. The molecule has 1 aliphatic rings. The van der Waals surface area contributed by atoms with Gasteiger partial charge in [0.05, 0.1) is 5.56 Å². The molecule has 0 bridgehead atoms. The van der Waals surface area contributed by atoms with Crippen molar-refractivity contribution in [3.8, 4) is 11.4 Å². The molecule has 9 heteroatoms. The van der Waals surface area contributed by atoms with Crippen molar-refractivity contribution < 1.29 is 9.32 Å². The van der Waals surface area contributed by atoms with Crippen LogP contribution in [0.5, 0.6) is 0 Å². The average Bonchev–Trinajstić information content (AvgIpc) is 3.15. The van der Waals surface area contributed by atoms with Crippen LogP contribution in [0.15, 0.2) is 46.0 Å². The molecule has 4 heterocycles. The van der Waals surface area contributed by atoms with Crippen molar-refractivity contribution in [1.82, 2.24) is 25.0 Å². The third-order valence-corrected chi connectivity index (χ3v) is 4.46. The van der Waals surface area contributed by atoms with Crippen molar-refractivity contribution in [2.75, 3.05) is 31.1 Å². The fourth-order valence-corrected chi connectivity index (χ4v) is 2.99. The lowest BCUT2D eigenvalue weighted by Crippen LogP contribution is -2.49. The van der Waals surface area contributed by atoms with Gasteiger partial charge in [-0.25, -0.2) is 4.98 Å². The van der Waals surface area contributed by atoms with E-state index in [0.29, 0.717) is 43.5 Å². The van der Waals surface area contributed by atoms with E-state index >= 15 is 0 Å². The number of hydrogen-bond acceptors (Lipinski definition) is 7. The van der Waals surface area contributed by atoms with Crippen LogP contribution >= 0.6 is 0 Å². The van der Waals surface area contributed by atoms with E-state index in [9.17, 15) is 9.59 Å². The quantitative estimate of drug-likeness (QED) is 0.739. The van der Waals surface area contributed by atoms with Crippen LogP contribution in [0.2, 0.25) is 0 Å². The fraction of sp³-hybridized carbons (Fsp3) is 0.278. The molecule has 9 nitrogen and oxygen atoms in total. The summed E-state index contributed by atoms with van der Waals surface area (Å²) in [6, 6.07) is 6.73. The number of amides is 1. The lowest BCUT2D eigenvalue weighted by Gasteiger charge is -2.35. The minimum atomic E-state index is -0.220. The maximum Gasteiger partial charge on any atom is 0.255 e. The summed E-state index contributed by atoms with van der Waals surface area (Å²) in [6.45, 7) is 4.29. The number of pyridine rings is 2. The van der Waals surface area contributed by atoms with Crippen molar-refractivity contribution in [3.05, 3.63) is 58.5 Å². The molecule has 3 aromatic rings. The molecule has 138 valence electrons. The number of carbonyl (C=O) groups is 1. The first-order valence-electron chi connectivity index (χ1n) is 8.60. The monoisotopic (exact) mass is 366 g/mol. The van der Waals surface area contributed by atoms with E-state index in [1.54, 1.807) is 24.1 Å². The molecule has 1 N–H and O–H groups in total. The SMILES string of the molecule is Cc1nc(-c2ccc(N3CCN(C(=O)c4ccc(=O)[nH]c4)CC3)nc2)no1. The molecule has 1 aliphatic heterocycles. The average molecular weight is 366 g/mol. The van der Waals surface area contributed by atoms with Gasteiger partial charge in [-0.3, -0.25) is 9.59 Å². The highest BCUT2D eigenvalue weighted by atomic mass is 16.5. The normalized spacial score (nSPS) is 14.4. The molecule has 1 amide bonds. The third kappa shape index (κ3) is 3.57. The Morgan fingerprint density at radius 1 is 1.15 bits per heavy atom. The first-order valence-corrected chi connectivity index (χ1v) is 8.60. The second-order valence-corrected chi connectivity index (χ2v) is 6.26. The molecular weight excluding hydrogens is 348 g/mol. The summed E-state index contributed by atoms with van der Waals surface area (Å²) in [7, 11) is 0. The van der Waals surface area contributed by atoms with Crippen LogP contribution in [-0.4, -0.2) is 57.1 Å². The van der Waals surface area contributed by atoms with Gasteiger partial charge in [-0.2, -0.15) is 4.98 Å². The van der Waals surface area contributed by atoms with E-state index in [2.05, 4.69) is 25.0 Å². The Morgan fingerprint density at radius 3 is 2.56 bits per heavy atom. The summed E-state index contributed by atoms with van der Waals surface area (Å²) in [5.74, 6) is 1.79. The Hall–Kier alpha value is -3.49. The maximum atomic E-state index is 12.5. The first-order chi connectivity index (χ1) is 13.1. The van der Waals surface area contributed by atoms with Crippen molar-refractivity contribution in [3.63, 3.8) is 0 Å². The van der Waals surface area contributed by atoms with Gasteiger partial charge in [-0.1, -0.05) is 5.16 Å². The minimum Gasteiger partial charge on any atom is -0.353 e. The standard InChI is InChI=1S/C18H18N6O3/c1-12-21-17(22-27-12)13-2-4-15(19-10-13)23-6-8-24(9-7-23)18(26)14-3-5-16(25)20-11-14/h2-5,10-11H,6-9H2,1H3,(H,20,25). The predicted octanol–water partition coefficient (Wildman–Crippen LogP) is 1.09. The molecular formula is C18H18N6O3. The van der Waals surface area contributed by atoms with Gasteiger partial charge in [0.1, 0.15) is 5.82 Å². The highest BCUT2D eigenvalue weighted by molar-refractivity contribution is 5.94. The zero-order chi connectivity index (χ0) is 18.8. The van der Waals surface area contributed by atoms with Gasteiger partial charge < -0.3 is 19.3 Å². The number of aryl methyl sites for hydroxylation is 1. The van der Waals surface area contributed by atoms with Gasteiger partial charge in [-0.05, 0) is 18.2 Å². The van der Waals surface area contributed by atoms with Crippen molar-refractivity contribution in [2.24, 2.45) is 0 Å². The number of rotatable bonds is 3. The van der Waals surface area contributed by atoms with Crippen LogP contribution in [0.4, 0.5) is 5.82 Å². The van der Waals surface area contributed by atoms with Gasteiger partial charge >= 0.3 is 0 Å². The molecule has 0 spiro atoms. The number of aromatic nitrogens is 4. The Labute approximate surface area is 154 Å². The van der Waals surface area contributed by atoms with Gasteiger partial charge in [0, 0.05) is 57.1 Å². The number of H-pyrrole nitrogens is 1. The Bertz CT molecular complexity index is 982. The van der Waals surface area contributed by atoms with Crippen LogP contribution in [0, 0.1) is 6.92 Å². The van der Waals surface area contributed by atoms with Crippen LogP contribution in [0.25, 0.3) is 11.4 Å². The van der Waals surface area contributed by atoms with Crippen molar-refractivity contribution >= 4 is 11.7 Å². The highest BCUT2D eigenvalue weighted by Gasteiger charge is 2.23. The molecule has 1 fully saturated rings. The predicted molar refractivity (Wildman–Crippen MR) is 97.4 cm³/mol. The van der Waals surface area contributed by atoms with Crippen LogP contribution in [-0.2, 0) is 0 Å². The fourth-order valence-electron chi connectivity index (χ4n) is 2.99. The Kier molecular flexibility index (Phi) is 4.41. The van der Waals surface area contributed by atoms with E-state index in [1.165, 1.54) is 12.3 Å². The molecule has 0 aromatic carbocycles. The Balaban J connectivity index is 1.39. The zero-order valence-electron chi connectivity index (χ0n) is 14.8. The summed E-state index contributed by atoms with van der Waals surface area (Å²) in [5, 5.41) is 3.89. The van der Waals surface area contributed by atoms with Gasteiger partial charge in [-0.15, -0.1) is 0 Å². The second-order valence-electron chi connectivity index (χ2n) is 6.26. The van der Waals surface area contributed by atoms with Gasteiger partial charge in [0.2, 0.25) is 17.3 Å². The van der Waals surface area contributed by atoms with Gasteiger partial charge in [0.15, 0.2) is 0 Å². The number of anilines is 1. The molecule has 1 saturated heterocycles. The molecule has 0 saturated carbocycles. The zero-order valence-corrected chi connectivity index (χ0v) is 14.8. The van der Waals surface area contributed by atoms with Crippen molar-refractivity contribution in [1.29, 1.82) is 0 Å². The van der Waals surface area contributed by atoms with E-state index < -0.39 is 0 Å². The summed E-state index contributed by atoms with van der Waals surface area (Å²) in [6.07, 6.45) is 3.18. The largest absolute Gasteiger partial charge is 0.353 e. The second kappa shape index (κ2) is 7.02. The summed E-state index contributed by atoms with van der Waals surface area (Å²) >= 11 is 0. The summed E-state index contributed by atoms with van der Waals surface area (Å²) in [5.41, 5.74) is 1.06. The van der Waals surface area contributed by atoms with E-state index in [-0.39, 0.29) is 11.5 Å². The van der Waals surface area contributed by atoms with Crippen molar-refractivity contribution in [2.45, 2.75) is 6.92 Å². The highest BCUT2D eigenvalue weighted by Crippen LogP contribution is 2.19. The minimum absolute atomic E-state index is 0.0818.